The van der Waals surface area contributed by atoms with Crippen molar-refractivity contribution in [3.8, 4) is 0 Å². The number of carbonyl (C=O) groups is 1. The number of hydrogen-bond acceptors (Lipinski definition) is 5. The summed E-state index contributed by atoms with van der Waals surface area (Å²) in [7, 11) is 0. The Bertz CT molecular complexity index is 618. The third kappa shape index (κ3) is 6.20. The standard InChI is InChI=1S/C17H23N3O3/c1-17(2,3)23-16(21)13-22-10-9-15-11-18-19-20(15)12-14-7-5-4-6-8-14/h4-8,11H,9-10,12-13H2,1-3H3. The summed E-state index contributed by atoms with van der Waals surface area (Å²) in [6.07, 6.45) is 2.36. The Balaban J connectivity index is 1.77. The van der Waals surface area contributed by atoms with Gasteiger partial charge in [0.25, 0.3) is 0 Å². The fourth-order valence-corrected chi connectivity index (χ4v) is 2.07. The number of hydrogen-bond donors (Lipinski definition) is 0. The van der Waals surface area contributed by atoms with Crippen LogP contribution in [0.15, 0.2) is 36.5 Å². The summed E-state index contributed by atoms with van der Waals surface area (Å²) in [4.78, 5) is 11.6. The first kappa shape index (κ1) is 17.1. The molecule has 2 aromatic rings. The second kappa shape index (κ2) is 7.87. The van der Waals surface area contributed by atoms with Crippen LogP contribution in [0.25, 0.3) is 0 Å². The lowest BCUT2D eigenvalue weighted by atomic mass is 10.2. The van der Waals surface area contributed by atoms with Gasteiger partial charge in [-0.25, -0.2) is 9.48 Å². The zero-order valence-electron chi connectivity index (χ0n) is 13.9. The average Bonchev–Trinajstić information content (AvgIpc) is 2.90. The lowest BCUT2D eigenvalue weighted by molar-refractivity contribution is -0.160. The van der Waals surface area contributed by atoms with E-state index in [4.69, 9.17) is 9.47 Å². The molecule has 0 spiro atoms. The highest BCUT2D eigenvalue weighted by molar-refractivity contribution is 5.71. The highest BCUT2D eigenvalue weighted by atomic mass is 16.6. The van der Waals surface area contributed by atoms with Crippen molar-refractivity contribution in [2.75, 3.05) is 13.2 Å². The van der Waals surface area contributed by atoms with Crippen LogP contribution in [0.3, 0.4) is 0 Å². The van der Waals surface area contributed by atoms with Crippen molar-refractivity contribution in [1.82, 2.24) is 15.0 Å². The van der Waals surface area contributed by atoms with Crippen LogP contribution in [-0.4, -0.2) is 39.8 Å². The van der Waals surface area contributed by atoms with Crippen LogP contribution in [0.2, 0.25) is 0 Å². The van der Waals surface area contributed by atoms with Crippen LogP contribution in [0.5, 0.6) is 0 Å². The summed E-state index contributed by atoms with van der Waals surface area (Å²) in [5.74, 6) is -0.353. The zero-order valence-corrected chi connectivity index (χ0v) is 13.9. The molecule has 0 N–H and O–H groups in total. The van der Waals surface area contributed by atoms with Gasteiger partial charge < -0.3 is 9.47 Å². The first-order valence-corrected chi connectivity index (χ1v) is 7.65. The van der Waals surface area contributed by atoms with E-state index in [0.717, 1.165) is 11.3 Å². The number of benzene rings is 1. The summed E-state index contributed by atoms with van der Waals surface area (Å²) in [6.45, 7) is 6.54. The molecule has 0 fully saturated rings. The molecule has 0 aliphatic heterocycles. The van der Waals surface area contributed by atoms with Crippen molar-refractivity contribution >= 4 is 5.97 Å². The van der Waals surface area contributed by atoms with Gasteiger partial charge in [0, 0.05) is 6.42 Å². The van der Waals surface area contributed by atoms with E-state index < -0.39 is 5.60 Å². The summed E-state index contributed by atoms with van der Waals surface area (Å²) in [5.41, 5.74) is 1.64. The summed E-state index contributed by atoms with van der Waals surface area (Å²) >= 11 is 0. The molecule has 6 heteroatoms. The van der Waals surface area contributed by atoms with Crippen LogP contribution >= 0.6 is 0 Å². The Kier molecular flexibility index (Phi) is 5.87. The predicted octanol–water partition coefficient (Wildman–Crippen LogP) is 2.23. The van der Waals surface area contributed by atoms with Gasteiger partial charge in [-0.05, 0) is 26.3 Å². The van der Waals surface area contributed by atoms with Crippen molar-refractivity contribution in [3.05, 3.63) is 47.8 Å². The monoisotopic (exact) mass is 317 g/mol. The minimum absolute atomic E-state index is 0.0441. The molecule has 124 valence electrons. The highest BCUT2D eigenvalue weighted by Crippen LogP contribution is 2.07. The minimum Gasteiger partial charge on any atom is -0.458 e. The van der Waals surface area contributed by atoms with E-state index in [9.17, 15) is 4.79 Å². The van der Waals surface area contributed by atoms with E-state index in [0.29, 0.717) is 19.6 Å². The van der Waals surface area contributed by atoms with Crippen LogP contribution in [0.1, 0.15) is 32.0 Å². The molecular formula is C17H23N3O3. The van der Waals surface area contributed by atoms with E-state index in [1.54, 1.807) is 6.20 Å². The molecular weight excluding hydrogens is 294 g/mol. The van der Waals surface area contributed by atoms with Crippen LogP contribution < -0.4 is 0 Å². The maximum Gasteiger partial charge on any atom is 0.332 e. The molecule has 0 aliphatic carbocycles. The van der Waals surface area contributed by atoms with Gasteiger partial charge in [0.05, 0.1) is 25.0 Å². The zero-order chi connectivity index (χ0) is 16.7. The van der Waals surface area contributed by atoms with E-state index >= 15 is 0 Å². The lowest BCUT2D eigenvalue weighted by Gasteiger charge is -2.19. The fourth-order valence-electron chi connectivity index (χ4n) is 2.07. The van der Waals surface area contributed by atoms with Gasteiger partial charge in [0.2, 0.25) is 0 Å². The number of carbonyl (C=O) groups excluding carboxylic acids is 1. The van der Waals surface area contributed by atoms with Gasteiger partial charge in [-0.2, -0.15) is 0 Å². The smallest absolute Gasteiger partial charge is 0.332 e. The average molecular weight is 317 g/mol. The fraction of sp³-hybridized carbons (Fsp3) is 0.471. The number of nitrogens with zero attached hydrogens (tertiary/aromatic N) is 3. The second-order valence-electron chi connectivity index (χ2n) is 6.26. The van der Waals surface area contributed by atoms with E-state index in [2.05, 4.69) is 10.3 Å². The third-order valence-corrected chi connectivity index (χ3v) is 3.02. The Morgan fingerprint density at radius 2 is 1.96 bits per heavy atom. The Morgan fingerprint density at radius 1 is 1.22 bits per heavy atom. The van der Waals surface area contributed by atoms with Crippen molar-refractivity contribution in [2.45, 2.75) is 39.3 Å². The molecule has 1 aromatic heterocycles. The topological polar surface area (TPSA) is 66.2 Å². The van der Waals surface area contributed by atoms with Gasteiger partial charge in [0.1, 0.15) is 12.2 Å². The Labute approximate surface area is 136 Å². The van der Waals surface area contributed by atoms with Gasteiger partial charge in [-0.3, -0.25) is 0 Å². The van der Waals surface area contributed by atoms with Crippen molar-refractivity contribution < 1.29 is 14.3 Å². The molecule has 0 atom stereocenters. The molecule has 0 bridgehead atoms. The van der Waals surface area contributed by atoms with Gasteiger partial charge in [-0.1, -0.05) is 35.5 Å². The highest BCUT2D eigenvalue weighted by Gasteiger charge is 2.16. The first-order valence-electron chi connectivity index (χ1n) is 7.65. The van der Waals surface area contributed by atoms with Crippen molar-refractivity contribution in [2.24, 2.45) is 0 Å². The quantitative estimate of drug-likeness (QED) is 0.579. The molecule has 1 heterocycles. The molecule has 0 radical (unpaired) electrons. The second-order valence-corrected chi connectivity index (χ2v) is 6.26. The summed E-state index contributed by atoms with van der Waals surface area (Å²) < 4.78 is 12.4. The van der Waals surface area contributed by atoms with Crippen molar-refractivity contribution in [3.63, 3.8) is 0 Å². The molecule has 0 unspecified atom stereocenters. The molecule has 0 amide bonds. The maximum atomic E-state index is 11.6. The van der Waals surface area contributed by atoms with Crippen LogP contribution in [0, 0.1) is 0 Å². The molecule has 2 rings (SSSR count). The van der Waals surface area contributed by atoms with E-state index in [-0.39, 0.29) is 12.6 Å². The molecule has 0 saturated heterocycles. The predicted molar refractivity (Wildman–Crippen MR) is 85.9 cm³/mol. The summed E-state index contributed by atoms with van der Waals surface area (Å²) in [6, 6.07) is 10.1. The molecule has 6 nitrogen and oxygen atoms in total. The number of ether oxygens (including phenoxy) is 2. The van der Waals surface area contributed by atoms with Gasteiger partial charge >= 0.3 is 5.97 Å². The Morgan fingerprint density at radius 3 is 2.65 bits per heavy atom. The number of esters is 1. The number of rotatable bonds is 7. The maximum absolute atomic E-state index is 11.6. The van der Waals surface area contributed by atoms with Gasteiger partial charge in [0.15, 0.2) is 0 Å². The molecule has 1 aromatic carbocycles. The minimum atomic E-state index is -0.487. The normalized spacial score (nSPS) is 11.4. The van der Waals surface area contributed by atoms with Crippen molar-refractivity contribution in [1.29, 1.82) is 0 Å². The first-order chi connectivity index (χ1) is 10.9. The summed E-state index contributed by atoms with van der Waals surface area (Å²) in [5, 5.41) is 8.04. The molecule has 23 heavy (non-hydrogen) atoms. The van der Waals surface area contributed by atoms with Crippen LogP contribution in [0.4, 0.5) is 0 Å². The Hall–Kier alpha value is -2.21. The lowest BCUT2D eigenvalue weighted by Crippen LogP contribution is -2.26. The molecule has 0 saturated carbocycles. The molecule has 0 aliphatic rings. The SMILES string of the molecule is CC(C)(C)OC(=O)COCCc1cnnn1Cc1ccccc1. The van der Waals surface area contributed by atoms with E-state index in [1.165, 1.54) is 0 Å². The van der Waals surface area contributed by atoms with Gasteiger partial charge in [-0.15, -0.1) is 5.10 Å². The largest absolute Gasteiger partial charge is 0.458 e. The van der Waals surface area contributed by atoms with E-state index in [1.807, 2.05) is 55.8 Å². The number of aromatic nitrogens is 3. The third-order valence-electron chi connectivity index (χ3n) is 3.02. The van der Waals surface area contributed by atoms with Crippen LogP contribution in [-0.2, 0) is 27.2 Å².